The molecule has 0 saturated heterocycles. The number of benzene rings is 9. The second kappa shape index (κ2) is 13.5. The largest absolute Gasteiger partial charge is 0.310 e. The molecule has 0 saturated carbocycles. The van der Waals surface area contributed by atoms with Gasteiger partial charge in [-0.05, 0) is 110 Å². The molecule has 2 heteroatoms. The lowest BCUT2D eigenvalue weighted by molar-refractivity contribution is 0.660. The van der Waals surface area contributed by atoms with Crippen LogP contribution in [0.15, 0.2) is 206 Å². The van der Waals surface area contributed by atoms with Gasteiger partial charge in [-0.15, -0.1) is 0 Å². The number of hydrogen-bond acceptors (Lipinski definition) is 1. The Balaban J connectivity index is 1.09. The van der Waals surface area contributed by atoms with Crippen LogP contribution >= 0.6 is 0 Å². The van der Waals surface area contributed by atoms with Gasteiger partial charge >= 0.3 is 0 Å². The van der Waals surface area contributed by atoms with Gasteiger partial charge in [-0.3, -0.25) is 0 Å². The van der Waals surface area contributed by atoms with Gasteiger partial charge in [-0.1, -0.05) is 179 Å². The molecule has 0 N–H and O–H groups in total. The lowest BCUT2D eigenvalue weighted by Crippen LogP contribution is -2.18. The summed E-state index contributed by atoms with van der Waals surface area (Å²) in [5, 5.41) is 2.55. The number of rotatable bonds is 6. The zero-order valence-electron chi connectivity index (χ0n) is 35.5. The summed E-state index contributed by atoms with van der Waals surface area (Å²) in [6.07, 6.45) is 0. The summed E-state index contributed by atoms with van der Waals surface area (Å²) >= 11 is 0. The molecule has 12 rings (SSSR count). The van der Waals surface area contributed by atoms with Crippen molar-refractivity contribution < 1.29 is 0 Å². The average Bonchev–Trinajstić information content (AvgIpc) is 3.86. The predicted molar refractivity (Wildman–Crippen MR) is 261 cm³/mol. The predicted octanol–water partition coefficient (Wildman–Crippen LogP) is 16.2. The zero-order chi connectivity index (χ0) is 41.7. The van der Waals surface area contributed by atoms with Gasteiger partial charge in [0, 0.05) is 44.1 Å². The fraction of sp³-hybridized carbons (Fsp3) is 0.100. The number of fused-ring (bicyclic) bond motifs is 9. The van der Waals surface area contributed by atoms with Crippen molar-refractivity contribution in [3.63, 3.8) is 0 Å². The molecule has 62 heavy (non-hydrogen) atoms. The average molecular weight is 795 g/mol. The third-order valence-corrected chi connectivity index (χ3v) is 14.0. The first-order valence-corrected chi connectivity index (χ1v) is 21.9. The van der Waals surface area contributed by atoms with Crippen LogP contribution in [0.2, 0.25) is 0 Å². The van der Waals surface area contributed by atoms with Crippen LogP contribution in [0.4, 0.5) is 17.1 Å². The minimum Gasteiger partial charge on any atom is -0.310 e. The van der Waals surface area contributed by atoms with Crippen molar-refractivity contribution in [3.8, 4) is 50.2 Å². The summed E-state index contributed by atoms with van der Waals surface area (Å²) in [5.41, 5.74) is 22.2. The van der Waals surface area contributed by atoms with Crippen molar-refractivity contribution in [3.05, 3.63) is 229 Å². The topological polar surface area (TPSA) is 8.17 Å². The number of para-hydroxylation sites is 2. The van der Waals surface area contributed by atoms with Crippen LogP contribution < -0.4 is 4.90 Å². The van der Waals surface area contributed by atoms with E-state index in [-0.39, 0.29) is 10.8 Å². The smallest absolute Gasteiger partial charge is 0.0543 e. The van der Waals surface area contributed by atoms with Crippen LogP contribution in [0.1, 0.15) is 49.9 Å². The van der Waals surface area contributed by atoms with Gasteiger partial charge in [0.15, 0.2) is 0 Å². The van der Waals surface area contributed by atoms with Gasteiger partial charge in [0.25, 0.3) is 0 Å². The Morgan fingerprint density at radius 3 is 1.58 bits per heavy atom. The fourth-order valence-corrected chi connectivity index (χ4v) is 10.9. The monoisotopic (exact) mass is 794 g/mol. The molecule has 0 amide bonds. The number of hydrogen-bond donors (Lipinski definition) is 0. The molecule has 0 unspecified atom stereocenters. The SMILES string of the molecule is CC1(C)c2ccccc2-c2ccc(N(c3ccc4c(c3)C(C)(C)c3cccc(-n5c6ccccc6c6ccccc65)c3-4)c3ccc(-c4ccccc4)cc3-c3ccccc3)cc21. The van der Waals surface area contributed by atoms with E-state index in [0.717, 1.165) is 17.1 Å². The third kappa shape index (κ3) is 5.29. The Morgan fingerprint density at radius 2 is 0.887 bits per heavy atom. The first-order valence-electron chi connectivity index (χ1n) is 21.9. The summed E-state index contributed by atoms with van der Waals surface area (Å²) in [6, 6.07) is 76.6. The minimum atomic E-state index is -0.248. The molecule has 1 aromatic heterocycles. The maximum atomic E-state index is 2.52. The molecular formula is C60H46N2. The second-order valence-electron chi connectivity index (χ2n) is 18.1. The Hall–Kier alpha value is -7.42. The summed E-state index contributed by atoms with van der Waals surface area (Å²) in [7, 11) is 0. The van der Waals surface area contributed by atoms with E-state index in [9.17, 15) is 0 Å². The molecule has 0 bridgehead atoms. The van der Waals surface area contributed by atoms with Gasteiger partial charge in [0.05, 0.1) is 22.4 Å². The molecule has 0 fully saturated rings. The number of nitrogens with zero attached hydrogens (tertiary/aromatic N) is 2. The van der Waals surface area contributed by atoms with Crippen LogP contribution in [0, 0.1) is 0 Å². The quantitative estimate of drug-likeness (QED) is 0.163. The van der Waals surface area contributed by atoms with E-state index in [1.165, 1.54) is 94.3 Å². The molecule has 9 aromatic carbocycles. The van der Waals surface area contributed by atoms with Crippen LogP contribution in [-0.2, 0) is 10.8 Å². The molecule has 2 aliphatic rings. The van der Waals surface area contributed by atoms with Crippen LogP contribution in [0.25, 0.3) is 72.0 Å². The van der Waals surface area contributed by atoms with Crippen LogP contribution in [0.5, 0.6) is 0 Å². The second-order valence-corrected chi connectivity index (χ2v) is 18.1. The molecule has 10 aromatic rings. The van der Waals surface area contributed by atoms with E-state index in [2.05, 4.69) is 243 Å². The first-order chi connectivity index (χ1) is 30.3. The van der Waals surface area contributed by atoms with Gasteiger partial charge in [0.1, 0.15) is 0 Å². The van der Waals surface area contributed by atoms with Gasteiger partial charge in [-0.25, -0.2) is 0 Å². The zero-order valence-corrected chi connectivity index (χ0v) is 35.5. The van der Waals surface area contributed by atoms with Gasteiger partial charge in [0.2, 0.25) is 0 Å². The Labute approximate surface area is 364 Å². The normalized spacial score (nSPS) is 14.1. The van der Waals surface area contributed by atoms with Crippen molar-refractivity contribution in [2.75, 3.05) is 4.90 Å². The molecule has 0 radical (unpaired) electrons. The Morgan fingerprint density at radius 1 is 0.355 bits per heavy atom. The molecule has 1 heterocycles. The molecule has 0 atom stereocenters. The standard InChI is InChI=1S/C60H46N2/c1-59(2)50-25-14-11-22-44(50)45-33-31-42(37-52(45)59)61(56-35-30-41(39-18-7-5-8-19-39)36-49(56)40-20-9-6-10-21-40)43-32-34-48-53(38-43)60(3,4)51-26-17-29-57(58(48)51)62-54-27-15-12-23-46(54)47-24-13-16-28-55(47)62/h5-38H,1-4H3. The van der Waals surface area contributed by atoms with E-state index in [4.69, 9.17) is 0 Å². The van der Waals surface area contributed by atoms with Crippen molar-refractivity contribution in [1.29, 1.82) is 0 Å². The van der Waals surface area contributed by atoms with Gasteiger partial charge in [-0.2, -0.15) is 0 Å². The van der Waals surface area contributed by atoms with E-state index in [0.29, 0.717) is 0 Å². The van der Waals surface area contributed by atoms with E-state index in [1.54, 1.807) is 0 Å². The van der Waals surface area contributed by atoms with Crippen molar-refractivity contribution in [2.45, 2.75) is 38.5 Å². The highest BCUT2D eigenvalue weighted by atomic mass is 15.1. The highest BCUT2D eigenvalue weighted by molar-refractivity contribution is 6.10. The maximum Gasteiger partial charge on any atom is 0.0543 e. The summed E-state index contributed by atoms with van der Waals surface area (Å²) < 4.78 is 2.49. The fourth-order valence-electron chi connectivity index (χ4n) is 10.9. The summed E-state index contributed by atoms with van der Waals surface area (Å²) in [4.78, 5) is 2.52. The molecule has 296 valence electrons. The number of aromatic nitrogens is 1. The van der Waals surface area contributed by atoms with Crippen LogP contribution in [0.3, 0.4) is 0 Å². The summed E-state index contributed by atoms with van der Waals surface area (Å²) in [6.45, 7) is 9.56. The summed E-state index contributed by atoms with van der Waals surface area (Å²) in [5.74, 6) is 0. The van der Waals surface area contributed by atoms with E-state index < -0.39 is 0 Å². The van der Waals surface area contributed by atoms with E-state index in [1.807, 2.05) is 0 Å². The minimum absolute atomic E-state index is 0.141. The van der Waals surface area contributed by atoms with Crippen molar-refractivity contribution >= 4 is 38.9 Å². The van der Waals surface area contributed by atoms with Crippen LogP contribution in [-0.4, -0.2) is 4.57 Å². The van der Waals surface area contributed by atoms with Gasteiger partial charge < -0.3 is 9.47 Å². The highest BCUT2D eigenvalue weighted by Crippen LogP contribution is 2.55. The van der Waals surface area contributed by atoms with Crippen molar-refractivity contribution in [2.24, 2.45) is 0 Å². The maximum absolute atomic E-state index is 2.52. The van der Waals surface area contributed by atoms with E-state index >= 15 is 0 Å². The lowest BCUT2D eigenvalue weighted by Gasteiger charge is -2.31. The molecule has 2 aliphatic carbocycles. The molecule has 0 aliphatic heterocycles. The Kier molecular flexibility index (Phi) is 7.96. The number of anilines is 3. The first kappa shape index (κ1) is 36.4. The lowest BCUT2D eigenvalue weighted by atomic mass is 9.82. The van der Waals surface area contributed by atoms with Crippen molar-refractivity contribution in [1.82, 2.24) is 4.57 Å². The molecule has 0 spiro atoms. The molecular weight excluding hydrogens is 749 g/mol. The Bertz CT molecular complexity index is 3350. The third-order valence-electron chi connectivity index (χ3n) is 14.0. The highest BCUT2D eigenvalue weighted by Gasteiger charge is 2.39. The molecule has 2 nitrogen and oxygen atoms in total.